The molecule has 0 aromatic heterocycles. The average Bonchev–Trinajstić information content (AvgIpc) is 2.41. The molecule has 1 aromatic rings. The molecule has 1 aromatic carbocycles. The number of likely N-dealkylation sites (N-methyl/N-ethyl adjacent to an activating group) is 1. The van der Waals surface area contributed by atoms with Gasteiger partial charge in [-0.3, -0.25) is 4.79 Å². The Kier molecular flexibility index (Phi) is 3.47. The van der Waals surface area contributed by atoms with Crippen molar-refractivity contribution in [2.24, 2.45) is 0 Å². The third kappa shape index (κ3) is 2.17. The predicted octanol–water partition coefficient (Wildman–Crippen LogP) is 1.78. The van der Waals surface area contributed by atoms with Crippen molar-refractivity contribution in [1.82, 2.24) is 0 Å². The van der Waals surface area contributed by atoms with Gasteiger partial charge in [0.15, 0.2) is 5.60 Å². The highest BCUT2D eigenvalue weighted by atomic mass is 16.4. The van der Waals surface area contributed by atoms with E-state index in [1.165, 1.54) is 4.90 Å². The molecule has 1 aliphatic rings. The number of carbonyl (C=O) groups is 1. The van der Waals surface area contributed by atoms with Gasteiger partial charge in [-0.2, -0.15) is 0 Å². The van der Waals surface area contributed by atoms with Gasteiger partial charge in [0.25, 0.3) is 5.91 Å². The lowest BCUT2D eigenvalue weighted by atomic mass is 9.82. The van der Waals surface area contributed by atoms with Crippen molar-refractivity contribution in [2.75, 3.05) is 11.9 Å². The van der Waals surface area contributed by atoms with Crippen molar-refractivity contribution in [1.29, 1.82) is 0 Å². The number of fused-ring (bicyclic) bond motifs is 1. The Labute approximate surface area is 113 Å². The van der Waals surface area contributed by atoms with Gasteiger partial charge in [-0.05, 0) is 19.9 Å². The summed E-state index contributed by atoms with van der Waals surface area (Å²) in [5.41, 5.74) is 0.423. The van der Waals surface area contributed by atoms with E-state index in [-0.39, 0.29) is 6.42 Å². The van der Waals surface area contributed by atoms with E-state index in [4.69, 9.17) is 0 Å². The molecule has 19 heavy (non-hydrogen) atoms. The minimum Gasteiger partial charge on any atom is -0.385 e. The van der Waals surface area contributed by atoms with Gasteiger partial charge in [-0.15, -0.1) is 0 Å². The summed E-state index contributed by atoms with van der Waals surface area (Å²) in [5.74, 6) is -0.476. The molecule has 1 aliphatic heterocycles. The van der Waals surface area contributed by atoms with Crippen molar-refractivity contribution in [3.05, 3.63) is 41.5 Å². The predicted molar refractivity (Wildman–Crippen MR) is 73.8 cm³/mol. The Balaban J connectivity index is 2.48. The van der Waals surface area contributed by atoms with Crippen LogP contribution in [0.5, 0.6) is 0 Å². The topological polar surface area (TPSA) is 60.8 Å². The van der Waals surface area contributed by atoms with Gasteiger partial charge in [-0.25, -0.2) is 0 Å². The van der Waals surface area contributed by atoms with E-state index in [1.807, 2.05) is 13.8 Å². The van der Waals surface area contributed by atoms with Crippen LogP contribution >= 0.6 is 0 Å². The van der Waals surface area contributed by atoms with Crippen LogP contribution in [-0.4, -0.2) is 28.8 Å². The minimum atomic E-state index is -1.79. The van der Waals surface area contributed by atoms with Crippen molar-refractivity contribution >= 4 is 11.6 Å². The van der Waals surface area contributed by atoms with Crippen LogP contribution in [0.15, 0.2) is 35.9 Å². The lowest BCUT2D eigenvalue weighted by Crippen LogP contribution is -2.55. The number of carbonyl (C=O) groups excluding carboxylic acids is 1. The number of amides is 1. The monoisotopic (exact) mass is 261 g/mol. The first-order chi connectivity index (χ1) is 8.88. The van der Waals surface area contributed by atoms with Crippen LogP contribution in [0.1, 0.15) is 31.9 Å². The molecule has 0 spiro atoms. The summed E-state index contributed by atoms with van der Waals surface area (Å²) in [4.78, 5) is 13.7. The fourth-order valence-corrected chi connectivity index (χ4v) is 2.36. The van der Waals surface area contributed by atoms with E-state index >= 15 is 0 Å². The smallest absolute Gasteiger partial charge is 0.262 e. The Hall–Kier alpha value is -1.65. The van der Waals surface area contributed by atoms with Crippen molar-refractivity contribution in [3.63, 3.8) is 0 Å². The van der Waals surface area contributed by atoms with Crippen molar-refractivity contribution in [2.45, 2.75) is 32.0 Å². The number of hydrogen-bond acceptors (Lipinski definition) is 3. The molecule has 4 heteroatoms. The molecule has 0 radical (unpaired) electrons. The lowest BCUT2D eigenvalue weighted by Gasteiger charge is -2.40. The van der Waals surface area contributed by atoms with Gasteiger partial charge >= 0.3 is 0 Å². The Morgan fingerprint density at radius 2 is 2.05 bits per heavy atom. The fraction of sp³-hybridized carbons (Fsp3) is 0.400. The van der Waals surface area contributed by atoms with Crippen molar-refractivity contribution in [3.8, 4) is 0 Å². The molecule has 0 fully saturated rings. The molecular weight excluding hydrogens is 242 g/mol. The molecule has 2 unspecified atom stereocenters. The highest BCUT2D eigenvalue weighted by Gasteiger charge is 2.49. The van der Waals surface area contributed by atoms with Gasteiger partial charge < -0.3 is 15.1 Å². The summed E-state index contributed by atoms with van der Waals surface area (Å²) in [5, 5.41) is 20.9. The highest BCUT2D eigenvalue weighted by Crippen LogP contribution is 2.41. The molecule has 0 aliphatic carbocycles. The Morgan fingerprint density at radius 1 is 1.42 bits per heavy atom. The maximum atomic E-state index is 12.3. The zero-order valence-electron chi connectivity index (χ0n) is 11.4. The summed E-state index contributed by atoms with van der Waals surface area (Å²) in [7, 11) is 1.61. The number of aliphatic hydroxyl groups is 2. The summed E-state index contributed by atoms with van der Waals surface area (Å²) in [6.07, 6.45) is 0.666. The van der Waals surface area contributed by atoms with Crippen LogP contribution in [0.25, 0.3) is 0 Å². The molecule has 0 bridgehead atoms. The van der Waals surface area contributed by atoms with Crippen LogP contribution in [0.4, 0.5) is 5.69 Å². The molecule has 102 valence electrons. The molecule has 1 heterocycles. The normalized spacial score (nSPS) is 26.1. The van der Waals surface area contributed by atoms with Crippen molar-refractivity contribution < 1.29 is 15.0 Å². The average molecular weight is 261 g/mol. The van der Waals surface area contributed by atoms with Gasteiger partial charge in [0, 0.05) is 24.7 Å². The molecule has 2 atom stereocenters. The van der Waals surface area contributed by atoms with E-state index in [9.17, 15) is 15.0 Å². The molecule has 4 nitrogen and oxygen atoms in total. The minimum absolute atomic E-state index is 0.105. The second kappa shape index (κ2) is 4.79. The number of hydrogen-bond donors (Lipinski definition) is 2. The molecule has 0 saturated carbocycles. The van der Waals surface area contributed by atoms with Crippen LogP contribution in [0, 0.1) is 0 Å². The SMILES string of the molecule is CC(C)=CCC1(O)C(=O)N(C)c2ccccc2C1O. The first-order valence-electron chi connectivity index (χ1n) is 6.29. The fourth-order valence-electron chi connectivity index (χ4n) is 2.36. The van der Waals surface area contributed by atoms with Gasteiger partial charge in [0.05, 0.1) is 0 Å². The lowest BCUT2D eigenvalue weighted by molar-refractivity contribution is -0.151. The second-order valence-electron chi connectivity index (χ2n) is 5.24. The van der Waals surface area contributed by atoms with Crippen LogP contribution in [0.2, 0.25) is 0 Å². The molecule has 2 N–H and O–H groups in total. The van der Waals surface area contributed by atoms with Gasteiger partial charge in [-0.1, -0.05) is 29.8 Å². The van der Waals surface area contributed by atoms with E-state index in [0.717, 1.165) is 5.57 Å². The maximum Gasteiger partial charge on any atom is 0.262 e. The third-order valence-electron chi connectivity index (χ3n) is 3.54. The standard InChI is InChI=1S/C15H19NO3/c1-10(2)8-9-15(19)13(17)11-6-4-5-7-12(11)16(3)14(15)18/h4-8,13,17,19H,9H2,1-3H3. The number of para-hydroxylation sites is 1. The molecule has 2 rings (SSSR count). The zero-order chi connectivity index (χ0) is 14.2. The van der Waals surface area contributed by atoms with Gasteiger partial charge in [0.1, 0.15) is 6.10 Å². The van der Waals surface area contributed by atoms with Crippen LogP contribution in [-0.2, 0) is 4.79 Å². The second-order valence-corrected chi connectivity index (χ2v) is 5.24. The van der Waals surface area contributed by atoms with E-state index in [2.05, 4.69) is 0 Å². The number of nitrogens with zero attached hydrogens (tertiary/aromatic N) is 1. The maximum absolute atomic E-state index is 12.3. The number of allylic oxidation sites excluding steroid dienone is 1. The number of aliphatic hydroxyl groups excluding tert-OH is 1. The third-order valence-corrected chi connectivity index (χ3v) is 3.54. The summed E-state index contributed by atoms with van der Waals surface area (Å²) in [6, 6.07) is 7.08. The quantitative estimate of drug-likeness (QED) is 0.798. The Morgan fingerprint density at radius 3 is 2.68 bits per heavy atom. The number of rotatable bonds is 2. The Bertz CT molecular complexity index is 534. The summed E-state index contributed by atoms with van der Waals surface area (Å²) in [6.45, 7) is 3.78. The molecule has 0 saturated heterocycles. The van der Waals surface area contributed by atoms with Crippen LogP contribution in [0.3, 0.4) is 0 Å². The number of benzene rings is 1. The zero-order valence-corrected chi connectivity index (χ0v) is 11.4. The summed E-state index contributed by atoms with van der Waals surface area (Å²) >= 11 is 0. The summed E-state index contributed by atoms with van der Waals surface area (Å²) < 4.78 is 0. The van der Waals surface area contributed by atoms with E-state index < -0.39 is 17.6 Å². The molecule has 1 amide bonds. The van der Waals surface area contributed by atoms with E-state index in [0.29, 0.717) is 11.3 Å². The first-order valence-corrected chi connectivity index (χ1v) is 6.29. The van der Waals surface area contributed by atoms with Gasteiger partial charge in [0.2, 0.25) is 0 Å². The molecular formula is C15H19NO3. The number of anilines is 1. The first kappa shape index (κ1) is 13.8. The highest BCUT2D eigenvalue weighted by molar-refractivity contribution is 6.02. The van der Waals surface area contributed by atoms with Crippen LogP contribution < -0.4 is 4.90 Å². The largest absolute Gasteiger partial charge is 0.385 e. The van der Waals surface area contributed by atoms with E-state index in [1.54, 1.807) is 37.4 Å².